The highest BCUT2D eigenvalue weighted by molar-refractivity contribution is 7.99. The lowest BCUT2D eigenvalue weighted by molar-refractivity contribution is 0.0948. The van der Waals surface area contributed by atoms with E-state index in [0.717, 1.165) is 33.0 Å². The Morgan fingerprint density at radius 2 is 1.93 bits per heavy atom. The van der Waals surface area contributed by atoms with Crippen LogP contribution in [0.15, 0.2) is 59.5 Å². The minimum Gasteiger partial charge on any atom is -0.496 e. The van der Waals surface area contributed by atoms with Gasteiger partial charge in [-0.25, -0.2) is 0 Å². The van der Waals surface area contributed by atoms with Gasteiger partial charge in [0, 0.05) is 22.6 Å². The van der Waals surface area contributed by atoms with E-state index in [1.165, 1.54) is 0 Å². The highest BCUT2D eigenvalue weighted by atomic mass is 32.2. The highest BCUT2D eigenvalue weighted by Crippen LogP contribution is 2.29. The first-order valence-corrected chi connectivity index (χ1v) is 9.97. The molecule has 3 rings (SSSR count). The van der Waals surface area contributed by atoms with Gasteiger partial charge in [-0.15, -0.1) is 11.8 Å². The molecule has 0 spiro atoms. The van der Waals surface area contributed by atoms with Crippen LogP contribution < -0.4 is 10.1 Å². The first kappa shape index (κ1) is 19.2. The van der Waals surface area contributed by atoms with Crippen LogP contribution in [-0.4, -0.2) is 30.3 Å². The van der Waals surface area contributed by atoms with Gasteiger partial charge in [0.1, 0.15) is 5.75 Å². The summed E-state index contributed by atoms with van der Waals surface area (Å²) >= 11 is 1.74. The zero-order valence-electron chi connectivity index (χ0n) is 15.9. The Hall–Kier alpha value is -2.53. The number of carbonyl (C=O) groups is 1. The lowest BCUT2D eigenvalue weighted by Crippen LogP contribution is -2.29. The molecule has 4 nitrogen and oxygen atoms in total. The third-order valence-corrected chi connectivity index (χ3v) is 5.75. The number of aryl methyl sites for hydroxylation is 1. The summed E-state index contributed by atoms with van der Waals surface area (Å²) in [7, 11) is 1.68. The summed E-state index contributed by atoms with van der Waals surface area (Å²) in [5.74, 6) is 2.05. The Labute approximate surface area is 164 Å². The van der Waals surface area contributed by atoms with Gasteiger partial charge >= 0.3 is 0 Å². The molecular formula is C22H24N2O2S. The van der Waals surface area contributed by atoms with E-state index in [0.29, 0.717) is 18.0 Å². The van der Waals surface area contributed by atoms with Gasteiger partial charge in [0.05, 0.1) is 23.9 Å². The Morgan fingerprint density at radius 1 is 1.19 bits per heavy atom. The number of pyridine rings is 1. The number of rotatable bonds is 7. The van der Waals surface area contributed by atoms with Crippen LogP contribution in [0, 0.1) is 12.8 Å². The number of fused-ring (bicyclic) bond motifs is 1. The summed E-state index contributed by atoms with van der Waals surface area (Å²) in [6.07, 6.45) is 0. The topological polar surface area (TPSA) is 51.2 Å². The van der Waals surface area contributed by atoms with Crippen molar-refractivity contribution in [2.45, 2.75) is 18.7 Å². The molecule has 27 heavy (non-hydrogen) atoms. The van der Waals surface area contributed by atoms with Crippen molar-refractivity contribution < 1.29 is 9.53 Å². The molecule has 0 aliphatic rings. The molecule has 0 aliphatic carbocycles. The number of aromatic nitrogens is 1. The van der Waals surface area contributed by atoms with Crippen LogP contribution in [0.1, 0.15) is 23.0 Å². The third kappa shape index (κ3) is 4.80. The molecule has 2 aromatic carbocycles. The average Bonchev–Trinajstić information content (AvgIpc) is 2.70. The number of benzene rings is 2. The molecule has 5 heteroatoms. The van der Waals surface area contributed by atoms with Crippen molar-refractivity contribution in [2.75, 3.05) is 19.4 Å². The van der Waals surface area contributed by atoms with E-state index in [4.69, 9.17) is 4.74 Å². The lowest BCUT2D eigenvalue weighted by Gasteiger charge is -2.14. The molecule has 1 heterocycles. The SMILES string of the molecule is COc1ccccc1SCC(C)CNC(=O)c1cc2ccccc2nc1C. The molecule has 1 atom stereocenters. The van der Waals surface area contributed by atoms with Gasteiger partial charge in [0.25, 0.3) is 5.91 Å². The van der Waals surface area contributed by atoms with Crippen LogP contribution in [-0.2, 0) is 0 Å². The van der Waals surface area contributed by atoms with E-state index in [2.05, 4.69) is 23.3 Å². The maximum absolute atomic E-state index is 12.6. The van der Waals surface area contributed by atoms with Crippen molar-refractivity contribution in [1.29, 1.82) is 0 Å². The fraction of sp³-hybridized carbons (Fsp3) is 0.273. The first-order chi connectivity index (χ1) is 13.1. The standard InChI is InChI=1S/C22H24N2O2S/c1-15(14-27-21-11-7-6-10-20(21)26-3)13-23-22(25)18-12-17-8-4-5-9-19(17)24-16(18)2/h4-12,15H,13-14H2,1-3H3,(H,23,25). The molecule has 0 aliphatic heterocycles. The van der Waals surface area contributed by atoms with Gasteiger partial charge in [-0.1, -0.05) is 37.3 Å². The van der Waals surface area contributed by atoms with Crippen LogP contribution >= 0.6 is 11.8 Å². The molecule has 1 aromatic heterocycles. The molecule has 1 N–H and O–H groups in total. The summed E-state index contributed by atoms with van der Waals surface area (Å²) < 4.78 is 5.38. The minimum absolute atomic E-state index is 0.0695. The number of thioether (sulfide) groups is 1. The van der Waals surface area contributed by atoms with Gasteiger partial charge in [0.2, 0.25) is 0 Å². The van der Waals surface area contributed by atoms with E-state index in [9.17, 15) is 4.79 Å². The summed E-state index contributed by atoms with van der Waals surface area (Å²) in [5.41, 5.74) is 2.30. The molecule has 1 amide bonds. The number of hydrogen-bond donors (Lipinski definition) is 1. The number of nitrogens with zero attached hydrogens (tertiary/aromatic N) is 1. The zero-order valence-corrected chi connectivity index (χ0v) is 16.7. The van der Waals surface area contributed by atoms with Crippen LogP contribution in [0.25, 0.3) is 10.9 Å². The number of amides is 1. The van der Waals surface area contributed by atoms with Crippen molar-refractivity contribution >= 4 is 28.6 Å². The molecule has 3 aromatic rings. The number of carbonyl (C=O) groups excluding carboxylic acids is 1. The highest BCUT2D eigenvalue weighted by Gasteiger charge is 2.13. The maximum Gasteiger partial charge on any atom is 0.253 e. The van der Waals surface area contributed by atoms with Gasteiger partial charge in [-0.2, -0.15) is 0 Å². The molecule has 0 saturated heterocycles. The summed E-state index contributed by atoms with van der Waals surface area (Å²) in [6.45, 7) is 4.63. The van der Waals surface area contributed by atoms with Crippen molar-refractivity contribution in [1.82, 2.24) is 10.3 Å². The van der Waals surface area contributed by atoms with Gasteiger partial charge < -0.3 is 10.1 Å². The quantitative estimate of drug-likeness (QED) is 0.603. The molecule has 140 valence electrons. The van der Waals surface area contributed by atoms with E-state index in [1.807, 2.05) is 55.5 Å². The Morgan fingerprint density at radius 3 is 2.74 bits per heavy atom. The number of para-hydroxylation sites is 2. The minimum atomic E-state index is -0.0695. The van der Waals surface area contributed by atoms with Gasteiger partial charge in [-0.3, -0.25) is 9.78 Å². The molecule has 1 unspecified atom stereocenters. The monoisotopic (exact) mass is 380 g/mol. The number of nitrogens with one attached hydrogen (secondary N) is 1. The number of hydrogen-bond acceptors (Lipinski definition) is 4. The fourth-order valence-electron chi connectivity index (χ4n) is 2.83. The zero-order chi connectivity index (χ0) is 19.2. The van der Waals surface area contributed by atoms with Crippen LogP contribution in [0.3, 0.4) is 0 Å². The normalized spacial score (nSPS) is 12.0. The van der Waals surface area contributed by atoms with Crippen molar-refractivity contribution in [3.05, 3.63) is 65.9 Å². The Kier molecular flexibility index (Phi) is 6.35. The van der Waals surface area contributed by atoms with Gasteiger partial charge in [-0.05, 0) is 37.1 Å². The van der Waals surface area contributed by atoms with E-state index < -0.39 is 0 Å². The molecule has 0 fully saturated rings. The largest absolute Gasteiger partial charge is 0.496 e. The summed E-state index contributed by atoms with van der Waals surface area (Å²) in [6, 6.07) is 17.8. The predicted octanol–water partition coefficient (Wildman–Crippen LogP) is 4.71. The summed E-state index contributed by atoms with van der Waals surface area (Å²) in [4.78, 5) is 18.3. The predicted molar refractivity (Wildman–Crippen MR) is 112 cm³/mol. The van der Waals surface area contributed by atoms with E-state index in [1.54, 1.807) is 18.9 Å². The van der Waals surface area contributed by atoms with Crippen molar-refractivity contribution in [3.63, 3.8) is 0 Å². The van der Waals surface area contributed by atoms with Crippen LogP contribution in [0.5, 0.6) is 5.75 Å². The summed E-state index contributed by atoms with van der Waals surface area (Å²) in [5, 5.41) is 4.03. The second-order valence-electron chi connectivity index (χ2n) is 6.59. The van der Waals surface area contributed by atoms with E-state index >= 15 is 0 Å². The average molecular weight is 381 g/mol. The number of ether oxygens (including phenoxy) is 1. The number of methoxy groups -OCH3 is 1. The third-order valence-electron chi connectivity index (χ3n) is 4.36. The van der Waals surface area contributed by atoms with Crippen molar-refractivity contribution in [2.24, 2.45) is 5.92 Å². The molecular weight excluding hydrogens is 356 g/mol. The molecule has 0 bridgehead atoms. The van der Waals surface area contributed by atoms with E-state index in [-0.39, 0.29) is 5.91 Å². The second kappa shape index (κ2) is 8.91. The first-order valence-electron chi connectivity index (χ1n) is 8.99. The maximum atomic E-state index is 12.6. The lowest BCUT2D eigenvalue weighted by atomic mass is 10.1. The van der Waals surface area contributed by atoms with Crippen LogP contribution in [0.4, 0.5) is 0 Å². The van der Waals surface area contributed by atoms with Gasteiger partial charge in [0.15, 0.2) is 0 Å². The van der Waals surface area contributed by atoms with Crippen LogP contribution in [0.2, 0.25) is 0 Å². The smallest absolute Gasteiger partial charge is 0.253 e. The Bertz CT molecular complexity index is 942. The van der Waals surface area contributed by atoms with Crippen molar-refractivity contribution in [3.8, 4) is 5.75 Å². The Balaban J connectivity index is 1.58. The molecule has 0 saturated carbocycles. The second-order valence-corrected chi connectivity index (χ2v) is 7.65. The molecule has 0 radical (unpaired) electrons. The fourth-order valence-corrected chi connectivity index (χ4v) is 3.88.